The Kier molecular flexibility index (Phi) is 6.63. The van der Waals surface area contributed by atoms with E-state index >= 15 is 0 Å². The molecule has 4 nitrogen and oxygen atoms in total. The van der Waals surface area contributed by atoms with Crippen molar-refractivity contribution in [2.45, 2.75) is 26.5 Å². The lowest BCUT2D eigenvalue weighted by Crippen LogP contribution is -2.39. The second kappa shape index (κ2) is 8.96. The van der Waals surface area contributed by atoms with Crippen LogP contribution in [0, 0.1) is 0 Å². The van der Waals surface area contributed by atoms with E-state index in [9.17, 15) is 4.79 Å². The Morgan fingerprint density at radius 2 is 1.78 bits per heavy atom. The summed E-state index contributed by atoms with van der Waals surface area (Å²) in [6, 6.07) is 17.4. The van der Waals surface area contributed by atoms with Crippen molar-refractivity contribution in [3.63, 3.8) is 0 Å². The maximum absolute atomic E-state index is 12.4. The van der Waals surface area contributed by atoms with Crippen LogP contribution >= 0.6 is 0 Å². The van der Waals surface area contributed by atoms with Crippen LogP contribution in [0.25, 0.3) is 0 Å². The minimum atomic E-state index is -0.0676. The number of carbonyl (C=O) groups excluding carboxylic acids is 1. The molecule has 0 aliphatic rings. The number of rotatable bonds is 8. The first-order chi connectivity index (χ1) is 11.2. The predicted molar refractivity (Wildman–Crippen MR) is 92.7 cm³/mol. The molecule has 0 bridgehead atoms. The van der Waals surface area contributed by atoms with E-state index in [4.69, 9.17) is 4.74 Å². The fourth-order valence-electron chi connectivity index (χ4n) is 2.31. The summed E-state index contributed by atoms with van der Waals surface area (Å²) < 4.78 is 5.75. The molecule has 0 heterocycles. The minimum Gasteiger partial charge on any atom is -0.489 e. The summed E-state index contributed by atoms with van der Waals surface area (Å²) in [7, 11) is 0. The molecular formula is C19H24N2O2. The molecule has 0 radical (unpaired) electrons. The SMILES string of the molecule is CCN[C@H](C)CNC(=O)c1ccccc1COc1ccccc1. The van der Waals surface area contributed by atoms with Crippen LogP contribution in [0.1, 0.15) is 29.8 Å². The number of benzene rings is 2. The van der Waals surface area contributed by atoms with Gasteiger partial charge in [0.05, 0.1) is 0 Å². The van der Waals surface area contributed by atoms with Gasteiger partial charge in [0.25, 0.3) is 5.91 Å². The van der Waals surface area contributed by atoms with Crippen LogP contribution in [-0.4, -0.2) is 25.0 Å². The standard InChI is InChI=1S/C19H24N2O2/c1-3-20-15(2)13-21-19(22)18-12-8-7-9-16(18)14-23-17-10-5-4-6-11-17/h4-12,15,20H,3,13-14H2,1-2H3,(H,21,22)/t15-/m1/s1. The molecular weight excluding hydrogens is 288 g/mol. The van der Waals surface area contributed by atoms with Gasteiger partial charge in [-0.15, -0.1) is 0 Å². The van der Waals surface area contributed by atoms with Gasteiger partial charge < -0.3 is 15.4 Å². The van der Waals surface area contributed by atoms with Gasteiger partial charge >= 0.3 is 0 Å². The highest BCUT2D eigenvalue weighted by atomic mass is 16.5. The zero-order valence-corrected chi connectivity index (χ0v) is 13.7. The van der Waals surface area contributed by atoms with Crippen molar-refractivity contribution in [3.8, 4) is 5.75 Å². The van der Waals surface area contributed by atoms with Crippen LogP contribution < -0.4 is 15.4 Å². The number of likely N-dealkylation sites (N-methyl/N-ethyl adjacent to an activating group) is 1. The molecule has 1 amide bonds. The van der Waals surface area contributed by atoms with Gasteiger partial charge in [0.1, 0.15) is 12.4 Å². The molecule has 0 aliphatic carbocycles. The molecule has 0 saturated carbocycles. The number of nitrogens with one attached hydrogen (secondary N) is 2. The van der Waals surface area contributed by atoms with E-state index in [1.165, 1.54) is 0 Å². The topological polar surface area (TPSA) is 50.4 Å². The van der Waals surface area contributed by atoms with Gasteiger partial charge in [-0.1, -0.05) is 43.3 Å². The molecule has 23 heavy (non-hydrogen) atoms. The molecule has 2 N–H and O–H groups in total. The van der Waals surface area contributed by atoms with Crippen LogP contribution in [0.5, 0.6) is 5.75 Å². The average Bonchev–Trinajstić information content (AvgIpc) is 2.59. The first kappa shape index (κ1) is 17.0. The summed E-state index contributed by atoms with van der Waals surface area (Å²) in [6.07, 6.45) is 0. The summed E-state index contributed by atoms with van der Waals surface area (Å²) in [5.41, 5.74) is 1.54. The molecule has 0 aliphatic heterocycles. The Labute approximate surface area is 137 Å². The Morgan fingerprint density at radius 1 is 1.09 bits per heavy atom. The van der Waals surface area contributed by atoms with Gasteiger partial charge in [0.2, 0.25) is 0 Å². The van der Waals surface area contributed by atoms with Gasteiger partial charge in [-0.25, -0.2) is 0 Å². The largest absolute Gasteiger partial charge is 0.489 e. The van der Waals surface area contributed by atoms with Crippen LogP contribution in [0.4, 0.5) is 0 Å². The third kappa shape index (κ3) is 5.42. The van der Waals surface area contributed by atoms with E-state index in [1.807, 2.05) is 61.5 Å². The van der Waals surface area contributed by atoms with Gasteiger partial charge in [-0.05, 0) is 31.7 Å². The fraction of sp³-hybridized carbons (Fsp3) is 0.316. The second-order valence-electron chi connectivity index (χ2n) is 5.43. The number of hydrogen-bond acceptors (Lipinski definition) is 3. The number of amides is 1. The van der Waals surface area contributed by atoms with Crippen molar-refractivity contribution in [2.24, 2.45) is 0 Å². The highest BCUT2D eigenvalue weighted by molar-refractivity contribution is 5.95. The van der Waals surface area contributed by atoms with E-state index in [2.05, 4.69) is 17.6 Å². The molecule has 122 valence electrons. The van der Waals surface area contributed by atoms with Crippen LogP contribution in [-0.2, 0) is 6.61 Å². The third-order valence-electron chi connectivity index (χ3n) is 3.52. The smallest absolute Gasteiger partial charge is 0.251 e. The molecule has 1 atom stereocenters. The molecule has 2 aromatic carbocycles. The van der Waals surface area contributed by atoms with Crippen molar-refractivity contribution in [1.82, 2.24) is 10.6 Å². The van der Waals surface area contributed by atoms with E-state index in [0.717, 1.165) is 17.9 Å². The number of para-hydroxylation sites is 1. The number of ether oxygens (including phenoxy) is 1. The third-order valence-corrected chi connectivity index (χ3v) is 3.52. The maximum Gasteiger partial charge on any atom is 0.251 e. The first-order valence-corrected chi connectivity index (χ1v) is 7.98. The van der Waals surface area contributed by atoms with E-state index in [-0.39, 0.29) is 11.9 Å². The summed E-state index contributed by atoms with van der Waals surface area (Å²) in [6.45, 7) is 5.96. The molecule has 4 heteroatoms. The van der Waals surface area contributed by atoms with E-state index in [0.29, 0.717) is 18.7 Å². The summed E-state index contributed by atoms with van der Waals surface area (Å²) in [4.78, 5) is 12.4. The molecule has 0 aromatic heterocycles. The molecule has 0 fully saturated rings. The van der Waals surface area contributed by atoms with Crippen molar-refractivity contribution in [2.75, 3.05) is 13.1 Å². The average molecular weight is 312 g/mol. The Bertz CT molecular complexity index is 614. The lowest BCUT2D eigenvalue weighted by Gasteiger charge is -2.15. The van der Waals surface area contributed by atoms with Crippen molar-refractivity contribution < 1.29 is 9.53 Å². The van der Waals surface area contributed by atoms with Crippen LogP contribution in [0.2, 0.25) is 0 Å². The zero-order valence-electron chi connectivity index (χ0n) is 13.7. The predicted octanol–water partition coefficient (Wildman–Crippen LogP) is 2.99. The summed E-state index contributed by atoms with van der Waals surface area (Å²) >= 11 is 0. The lowest BCUT2D eigenvalue weighted by molar-refractivity contribution is 0.0947. The first-order valence-electron chi connectivity index (χ1n) is 7.98. The minimum absolute atomic E-state index is 0.0676. The highest BCUT2D eigenvalue weighted by Crippen LogP contribution is 2.14. The molecule has 0 spiro atoms. The van der Waals surface area contributed by atoms with Gasteiger partial charge in [-0.3, -0.25) is 4.79 Å². The maximum atomic E-state index is 12.4. The van der Waals surface area contributed by atoms with E-state index < -0.39 is 0 Å². The van der Waals surface area contributed by atoms with Crippen molar-refractivity contribution >= 4 is 5.91 Å². The zero-order chi connectivity index (χ0) is 16.5. The van der Waals surface area contributed by atoms with Crippen LogP contribution in [0.15, 0.2) is 54.6 Å². The Balaban J connectivity index is 1.97. The fourth-order valence-corrected chi connectivity index (χ4v) is 2.31. The van der Waals surface area contributed by atoms with Crippen LogP contribution in [0.3, 0.4) is 0 Å². The normalized spacial score (nSPS) is 11.7. The molecule has 2 rings (SSSR count). The molecule has 0 unspecified atom stereocenters. The highest BCUT2D eigenvalue weighted by Gasteiger charge is 2.12. The van der Waals surface area contributed by atoms with E-state index in [1.54, 1.807) is 0 Å². The molecule has 2 aromatic rings. The molecule has 0 saturated heterocycles. The van der Waals surface area contributed by atoms with Crippen molar-refractivity contribution in [3.05, 3.63) is 65.7 Å². The van der Waals surface area contributed by atoms with Gasteiger partial charge in [0, 0.05) is 23.7 Å². The Hall–Kier alpha value is -2.33. The number of hydrogen-bond donors (Lipinski definition) is 2. The van der Waals surface area contributed by atoms with Gasteiger partial charge in [0.15, 0.2) is 0 Å². The monoisotopic (exact) mass is 312 g/mol. The Morgan fingerprint density at radius 3 is 2.52 bits per heavy atom. The summed E-state index contributed by atoms with van der Waals surface area (Å²) in [5.74, 6) is 0.727. The lowest BCUT2D eigenvalue weighted by atomic mass is 10.1. The second-order valence-corrected chi connectivity index (χ2v) is 5.43. The quantitative estimate of drug-likeness (QED) is 0.788. The summed E-state index contributed by atoms with van der Waals surface area (Å²) in [5, 5.41) is 6.24. The van der Waals surface area contributed by atoms with Crippen molar-refractivity contribution in [1.29, 1.82) is 0 Å². The van der Waals surface area contributed by atoms with Gasteiger partial charge in [-0.2, -0.15) is 0 Å². The number of carbonyl (C=O) groups is 1.